The van der Waals surface area contributed by atoms with E-state index in [1.165, 1.54) is 6.07 Å². The van der Waals surface area contributed by atoms with Crippen LogP contribution in [0.2, 0.25) is 0 Å². The summed E-state index contributed by atoms with van der Waals surface area (Å²) in [6.45, 7) is 1.76. The van der Waals surface area contributed by atoms with Gasteiger partial charge in [-0.1, -0.05) is 12.1 Å². The summed E-state index contributed by atoms with van der Waals surface area (Å²) in [6.07, 6.45) is 1.70. The SMILES string of the molecule is Cc1cc(C(=O)Nc2ccc(Oc3ccnc4ccccc34)cc2)[nH]c(=O)c1. The highest BCUT2D eigenvalue weighted by Gasteiger charge is 2.09. The molecule has 28 heavy (non-hydrogen) atoms. The van der Waals surface area contributed by atoms with Gasteiger partial charge in [-0.05, 0) is 61.0 Å². The van der Waals surface area contributed by atoms with Crippen LogP contribution >= 0.6 is 0 Å². The number of benzene rings is 2. The average Bonchev–Trinajstić information content (AvgIpc) is 2.69. The van der Waals surface area contributed by atoms with Gasteiger partial charge in [-0.25, -0.2) is 0 Å². The molecule has 2 aromatic carbocycles. The van der Waals surface area contributed by atoms with Crippen molar-refractivity contribution in [3.05, 3.63) is 94.5 Å². The molecule has 0 fully saturated rings. The van der Waals surface area contributed by atoms with Crippen LogP contribution in [-0.2, 0) is 0 Å². The Hall–Kier alpha value is -3.93. The third kappa shape index (κ3) is 3.76. The number of nitrogens with one attached hydrogen (secondary N) is 2. The molecule has 0 saturated heterocycles. The number of carbonyl (C=O) groups is 1. The number of aromatic nitrogens is 2. The summed E-state index contributed by atoms with van der Waals surface area (Å²) >= 11 is 0. The van der Waals surface area contributed by atoms with Crippen molar-refractivity contribution in [2.45, 2.75) is 6.92 Å². The zero-order valence-corrected chi connectivity index (χ0v) is 15.1. The second kappa shape index (κ2) is 7.36. The molecule has 0 aliphatic rings. The first-order valence-electron chi connectivity index (χ1n) is 8.72. The molecule has 2 aromatic heterocycles. The monoisotopic (exact) mass is 371 g/mol. The standard InChI is InChI=1S/C22H17N3O3/c1-14-12-19(25-21(26)13-14)22(27)24-15-6-8-16(9-7-15)28-20-10-11-23-18-5-3-2-4-17(18)20/h2-13H,1H3,(H,24,27)(H,25,26). The molecular formula is C22H17N3O3. The van der Waals surface area contributed by atoms with Gasteiger partial charge in [-0.2, -0.15) is 0 Å². The lowest BCUT2D eigenvalue weighted by molar-refractivity contribution is 0.102. The Morgan fingerprint density at radius 3 is 2.61 bits per heavy atom. The van der Waals surface area contributed by atoms with Crippen LogP contribution < -0.4 is 15.6 Å². The van der Waals surface area contributed by atoms with E-state index < -0.39 is 0 Å². The predicted molar refractivity (Wildman–Crippen MR) is 108 cm³/mol. The lowest BCUT2D eigenvalue weighted by Gasteiger charge is -2.10. The number of para-hydroxylation sites is 1. The first kappa shape index (κ1) is 17.5. The zero-order chi connectivity index (χ0) is 19.5. The van der Waals surface area contributed by atoms with Gasteiger partial charge in [0.1, 0.15) is 17.2 Å². The highest BCUT2D eigenvalue weighted by molar-refractivity contribution is 6.02. The van der Waals surface area contributed by atoms with E-state index in [1.807, 2.05) is 30.3 Å². The van der Waals surface area contributed by atoms with E-state index in [0.29, 0.717) is 17.2 Å². The summed E-state index contributed by atoms with van der Waals surface area (Å²) < 4.78 is 5.97. The first-order valence-corrected chi connectivity index (χ1v) is 8.72. The molecule has 0 bridgehead atoms. The fourth-order valence-electron chi connectivity index (χ4n) is 2.89. The zero-order valence-electron chi connectivity index (χ0n) is 15.1. The fraction of sp³-hybridized carbons (Fsp3) is 0.0455. The van der Waals surface area contributed by atoms with Crippen molar-refractivity contribution in [2.75, 3.05) is 5.32 Å². The molecule has 6 nitrogen and oxygen atoms in total. The molecule has 0 aliphatic heterocycles. The Labute approximate surface area is 160 Å². The third-order valence-corrected chi connectivity index (χ3v) is 4.18. The van der Waals surface area contributed by atoms with Crippen LogP contribution in [0.3, 0.4) is 0 Å². The summed E-state index contributed by atoms with van der Waals surface area (Å²) in [5, 5.41) is 3.68. The molecule has 0 atom stereocenters. The van der Waals surface area contributed by atoms with Gasteiger partial charge in [0.05, 0.1) is 5.52 Å². The van der Waals surface area contributed by atoms with Crippen molar-refractivity contribution in [2.24, 2.45) is 0 Å². The molecule has 6 heteroatoms. The van der Waals surface area contributed by atoms with E-state index >= 15 is 0 Å². The van der Waals surface area contributed by atoms with E-state index in [4.69, 9.17) is 4.74 Å². The molecule has 0 aliphatic carbocycles. The number of H-pyrrole nitrogens is 1. The molecule has 4 rings (SSSR count). The maximum atomic E-state index is 12.3. The number of ether oxygens (including phenoxy) is 1. The lowest BCUT2D eigenvalue weighted by Crippen LogP contribution is -2.18. The Bertz CT molecular complexity index is 1210. The second-order valence-corrected chi connectivity index (χ2v) is 6.34. The Balaban J connectivity index is 1.51. The number of pyridine rings is 2. The number of nitrogens with zero attached hydrogens (tertiary/aromatic N) is 1. The summed E-state index contributed by atoms with van der Waals surface area (Å²) in [5.41, 5.74) is 2.09. The normalized spacial score (nSPS) is 10.6. The van der Waals surface area contributed by atoms with Crippen LogP contribution in [0.4, 0.5) is 5.69 Å². The molecule has 0 saturated carbocycles. The van der Waals surface area contributed by atoms with Crippen molar-refractivity contribution in [1.29, 1.82) is 0 Å². The maximum Gasteiger partial charge on any atom is 0.272 e. The van der Waals surface area contributed by atoms with Crippen LogP contribution in [0.5, 0.6) is 11.5 Å². The minimum absolute atomic E-state index is 0.216. The quantitative estimate of drug-likeness (QED) is 0.561. The van der Waals surface area contributed by atoms with Gasteiger partial charge in [0, 0.05) is 23.3 Å². The van der Waals surface area contributed by atoms with Crippen molar-refractivity contribution < 1.29 is 9.53 Å². The van der Waals surface area contributed by atoms with Crippen molar-refractivity contribution in [3.8, 4) is 11.5 Å². The number of hydrogen-bond donors (Lipinski definition) is 2. The highest BCUT2D eigenvalue weighted by Crippen LogP contribution is 2.29. The Morgan fingerprint density at radius 1 is 1.04 bits per heavy atom. The number of carbonyl (C=O) groups excluding carboxylic acids is 1. The number of rotatable bonds is 4. The number of fused-ring (bicyclic) bond motifs is 1. The minimum Gasteiger partial charge on any atom is -0.457 e. The minimum atomic E-state index is -0.380. The van der Waals surface area contributed by atoms with Crippen LogP contribution in [0.1, 0.15) is 16.1 Å². The van der Waals surface area contributed by atoms with Gasteiger partial charge in [-0.3, -0.25) is 14.6 Å². The average molecular weight is 371 g/mol. The molecule has 0 spiro atoms. The number of aromatic amines is 1. The number of anilines is 1. The third-order valence-electron chi connectivity index (χ3n) is 4.18. The molecule has 138 valence electrons. The molecule has 2 N–H and O–H groups in total. The van der Waals surface area contributed by atoms with E-state index in [9.17, 15) is 9.59 Å². The van der Waals surface area contributed by atoms with Gasteiger partial charge in [-0.15, -0.1) is 0 Å². The molecule has 0 radical (unpaired) electrons. The largest absolute Gasteiger partial charge is 0.457 e. The Morgan fingerprint density at radius 2 is 1.82 bits per heavy atom. The van der Waals surface area contributed by atoms with Crippen LogP contribution in [0, 0.1) is 6.92 Å². The fourth-order valence-corrected chi connectivity index (χ4v) is 2.89. The van der Waals surface area contributed by atoms with Crippen LogP contribution in [0.15, 0.2) is 77.7 Å². The smallest absolute Gasteiger partial charge is 0.272 e. The molecule has 0 unspecified atom stereocenters. The summed E-state index contributed by atoms with van der Waals surface area (Å²) in [7, 11) is 0. The number of hydrogen-bond acceptors (Lipinski definition) is 4. The molecule has 4 aromatic rings. The molecule has 1 amide bonds. The number of amides is 1. The van der Waals surface area contributed by atoms with E-state index in [0.717, 1.165) is 16.5 Å². The highest BCUT2D eigenvalue weighted by atomic mass is 16.5. The summed E-state index contributed by atoms with van der Waals surface area (Å²) in [4.78, 5) is 30.7. The van der Waals surface area contributed by atoms with Crippen molar-refractivity contribution >= 4 is 22.5 Å². The number of aryl methyl sites for hydroxylation is 1. The van der Waals surface area contributed by atoms with Gasteiger partial charge in [0.15, 0.2) is 0 Å². The van der Waals surface area contributed by atoms with Crippen molar-refractivity contribution in [3.63, 3.8) is 0 Å². The predicted octanol–water partition coefficient (Wildman–Crippen LogP) is 4.28. The van der Waals surface area contributed by atoms with Crippen LogP contribution in [0.25, 0.3) is 10.9 Å². The maximum absolute atomic E-state index is 12.3. The van der Waals surface area contributed by atoms with E-state index in [2.05, 4.69) is 15.3 Å². The van der Waals surface area contributed by atoms with Crippen molar-refractivity contribution in [1.82, 2.24) is 9.97 Å². The van der Waals surface area contributed by atoms with Gasteiger partial charge < -0.3 is 15.0 Å². The molecule has 2 heterocycles. The first-order chi connectivity index (χ1) is 13.6. The second-order valence-electron chi connectivity index (χ2n) is 6.34. The van der Waals surface area contributed by atoms with E-state index in [-0.39, 0.29) is 17.2 Å². The topological polar surface area (TPSA) is 84.1 Å². The van der Waals surface area contributed by atoms with Crippen LogP contribution in [-0.4, -0.2) is 15.9 Å². The molecular weight excluding hydrogens is 354 g/mol. The van der Waals surface area contributed by atoms with Gasteiger partial charge in [0.25, 0.3) is 5.91 Å². The lowest BCUT2D eigenvalue weighted by atomic mass is 10.2. The van der Waals surface area contributed by atoms with Gasteiger partial charge in [0.2, 0.25) is 5.56 Å². The van der Waals surface area contributed by atoms with E-state index in [1.54, 1.807) is 43.5 Å². The summed E-state index contributed by atoms with van der Waals surface area (Å²) in [5.74, 6) is 0.965. The Kier molecular flexibility index (Phi) is 4.60. The summed E-state index contributed by atoms with van der Waals surface area (Å²) in [6, 6.07) is 19.6. The van der Waals surface area contributed by atoms with Gasteiger partial charge >= 0.3 is 0 Å².